The van der Waals surface area contributed by atoms with Crippen molar-refractivity contribution in [2.75, 3.05) is 7.11 Å². The maximum absolute atomic E-state index is 10.9. The molecular formula is C8H12O2. The summed E-state index contributed by atoms with van der Waals surface area (Å²) in [5.41, 5.74) is 0. The van der Waals surface area contributed by atoms with Crippen molar-refractivity contribution < 1.29 is 9.53 Å². The first-order chi connectivity index (χ1) is 4.72. The lowest BCUT2D eigenvalue weighted by molar-refractivity contribution is -0.127. The number of hydrogen-bond acceptors (Lipinski definition) is 2. The van der Waals surface area contributed by atoms with Crippen LogP contribution in [0.4, 0.5) is 0 Å². The fraction of sp³-hybridized carbons (Fsp3) is 0.625. The van der Waals surface area contributed by atoms with Gasteiger partial charge in [-0.25, -0.2) is 0 Å². The van der Waals surface area contributed by atoms with Crippen LogP contribution in [-0.4, -0.2) is 19.0 Å². The standard InChI is InChI=1S/C8H12O2/c1-4-5-6-8(9)7(2)10-3/h1,7H,5-6H2,2-3H3. The lowest BCUT2D eigenvalue weighted by Gasteiger charge is -2.05. The number of Topliss-reactive ketones (excluding diaryl/α,β-unsaturated/α-hetero) is 1. The highest BCUT2D eigenvalue weighted by atomic mass is 16.5. The van der Waals surface area contributed by atoms with Crippen molar-refractivity contribution in [3.8, 4) is 12.3 Å². The van der Waals surface area contributed by atoms with Crippen LogP contribution in [0.5, 0.6) is 0 Å². The van der Waals surface area contributed by atoms with Crippen LogP contribution < -0.4 is 0 Å². The minimum atomic E-state index is -0.312. The highest BCUT2D eigenvalue weighted by molar-refractivity contribution is 5.82. The van der Waals surface area contributed by atoms with Crippen molar-refractivity contribution in [2.24, 2.45) is 0 Å². The molecule has 1 unspecified atom stereocenters. The van der Waals surface area contributed by atoms with E-state index in [9.17, 15) is 4.79 Å². The molecule has 0 heterocycles. The molecule has 0 rings (SSSR count). The second-order valence-electron chi connectivity index (χ2n) is 2.05. The van der Waals surface area contributed by atoms with E-state index in [0.717, 1.165) is 0 Å². The van der Waals surface area contributed by atoms with Crippen molar-refractivity contribution in [1.82, 2.24) is 0 Å². The minimum Gasteiger partial charge on any atom is -0.374 e. The molecule has 0 spiro atoms. The lowest BCUT2D eigenvalue weighted by Crippen LogP contribution is -2.18. The summed E-state index contributed by atoms with van der Waals surface area (Å²) in [5, 5.41) is 0. The topological polar surface area (TPSA) is 26.3 Å². The van der Waals surface area contributed by atoms with E-state index in [-0.39, 0.29) is 11.9 Å². The van der Waals surface area contributed by atoms with Gasteiger partial charge in [-0.2, -0.15) is 0 Å². The van der Waals surface area contributed by atoms with E-state index in [4.69, 9.17) is 11.2 Å². The molecule has 0 aliphatic heterocycles. The average Bonchev–Trinajstić information content (AvgIpc) is 1.98. The highest BCUT2D eigenvalue weighted by Gasteiger charge is 2.09. The summed E-state index contributed by atoms with van der Waals surface area (Å²) in [5.74, 6) is 2.47. The van der Waals surface area contributed by atoms with Crippen molar-refractivity contribution >= 4 is 5.78 Å². The predicted octanol–water partition coefficient (Wildman–Crippen LogP) is 1.00. The Bertz CT molecular complexity index is 144. The lowest BCUT2D eigenvalue weighted by atomic mass is 10.1. The summed E-state index contributed by atoms with van der Waals surface area (Å²) in [7, 11) is 1.51. The van der Waals surface area contributed by atoms with Gasteiger partial charge in [-0.15, -0.1) is 12.3 Å². The van der Waals surface area contributed by atoms with Gasteiger partial charge < -0.3 is 4.74 Å². The number of methoxy groups -OCH3 is 1. The second kappa shape index (κ2) is 5.01. The van der Waals surface area contributed by atoms with Crippen LogP contribution in [0.1, 0.15) is 19.8 Å². The monoisotopic (exact) mass is 140 g/mol. The van der Waals surface area contributed by atoms with Crippen LogP contribution in [-0.2, 0) is 9.53 Å². The quantitative estimate of drug-likeness (QED) is 0.544. The molecule has 0 amide bonds. The molecule has 0 fully saturated rings. The third-order valence-electron chi connectivity index (χ3n) is 1.32. The van der Waals surface area contributed by atoms with Crippen molar-refractivity contribution in [3.63, 3.8) is 0 Å². The molecule has 0 aromatic carbocycles. The molecule has 2 nitrogen and oxygen atoms in total. The largest absolute Gasteiger partial charge is 0.374 e. The van der Waals surface area contributed by atoms with Gasteiger partial charge in [0.05, 0.1) is 0 Å². The van der Waals surface area contributed by atoms with E-state index in [2.05, 4.69) is 5.92 Å². The number of hydrogen-bond donors (Lipinski definition) is 0. The van der Waals surface area contributed by atoms with Crippen molar-refractivity contribution in [2.45, 2.75) is 25.9 Å². The molecular weight excluding hydrogens is 128 g/mol. The Morgan fingerprint density at radius 2 is 2.40 bits per heavy atom. The summed E-state index contributed by atoms with van der Waals surface area (Å²) in [6.45, 7) is 1.72. The molecule has 0 aliphatic rings. The van der Waals surface area contributed by atoms with Crippen LogP contribution in [0.25, 0.3) is 0 Å². The van der Waals surface area contributed by atoms with Crippen molar-refractivity contribution in [1.29, 1.82) is 0 Å². The molecule has 56 valence electrons. The third-order valence-corrected chi connectivity index (χ3v) is 1.32. The van der Waals surface area contributed by atoms with E-state index in [1.165, 1.54) is 7.11 Å². The van der Waals surface area contributed by atoms with Gasteiger partial charge in [0.25, 0.3) is 0 Å². The van der Waals surface area contributed by atoms with Gasteiger partial charge in [0.2, 0.25) is 0 Å². The van der Waals surface area contributed by atoms with Crippen LogP contribution in [0.15, 0.2) is 0 Å². The maximum Gasteiger partial charge on any atom is 0.162 e. The molecule has 0 bridgehead atoms. The Morgan fingerprint density at radius 1 is 1.80 bits per heavy atom. The summed E-state index contributed by atoms with van der Waals surface area (Å²) in [6, 6.07) is 0. The summed E-state index contributed by atoms with van der Waals surface area (Å²) < 4.78 is 4.79. The predicted molar refractivity (Wildman–Crippen MR) is 39.5 cm³/mol. The van der Waals surface area contributed by atoms with Gasteiger partial charge in [0.15, 0.2) is 5.78 Å². The fourth-order valence-corrected chi connectivity index (χ4v) is 0.530. The zero-order chi connectivity index (χ0) is 7.98. The SMILES string of the molecule is C#CCCC(=O)C(C)OC. The molecule has 0 aromatic heterocycles. The number of carbonyl (C=O) groups is 1. The van der Waals surface area contributed by atoms with Gasteiger partial charge in [-0.1, -0.05) is 0 Å². The molecule has 2 heteroatoms. The van der Waals surface area contributed by atoms with E-state index < -0.39 is 0 Å². The van der Waals surface area contributed by atoms with Gasteiger partial charge in [-0.05, 0) is 6.92 Å². The molecule has 10 heavy (non-hydrogen) atoms. The van der Waals surface area contributed by atoms with E-state index in [0.29, 0.717) is 12.8 Å². The zero-order valence-electron chi connectivity index (χ0n) is 6.39. The summed E-state index contributed by atoms with van der Waals surface area (Å²) in [4.78, 5) is 10.9. The van der Waals surface area contributed by atoms with E-state index >= 15 is 0 Å². The van der Waals surface area contributed by atoms with Gasteiger partial charge in [-0.3, -0.25) is 4.79 Å². The Labute approximate surface area is 61.6 Å². The molecule has 0 radical (unpaired) electrons. The van der Waals surface area contributed by atoms with E-state index in [1.807, 2.05) is 0 Å². The number of rotatable bonds is 4. The number of ketones is 1. The van der Waals surface area contributed by atoms with Crippen LogP contribution in [0.2, 0.25) is 0 Å². The smallest absolute Gasteiger partial charge is 0.162 e. The van der Waals surface area contributed by atoms with E-state index in [1.54, 1.807) is 6.92 Å². The van der Waals surface area contributed by atoms with Gasteiger partial charge >= 0.3 is 0 Å². The average molecular weight is 140 g/mol. The highest BCUT2D eigenvalue weighted by Crippen LogP contribution is 1.97. The maximum atomic E-state index is 10.9. The molecule has 0 aromatic rings. The van der Waals surface area contributed by atoms with Gasteiger partial charge in [0.1, 0.15) is 6.10 Å². The normalized spacial score (nSPS) is 12.1. The van der Waals surface area contributed by atoms with Crippen LogP contribution >= 0.6 is 0 Å². The molecule has 0 saturated carbocycles. The number of ether oxygens (including phenoxy) is 1. The number of carbonyl (C=O) groups excluding carboxylic acids is 1. The first kappa shape index (κ1) is 9.19. The fourth-order valence-electron chi connectivity index (χ4n) is 0.530. The Kier molecular flexibility index (Phi) is 4.61. The molecule has 0 saturated heterocycles. The summed E-state index contributed by atoms with van der Waals surface area (Å²) in [6.07, 6.45) is 5.59. The van der Waals surface area contributed by atoms with Gasteiger partial charge in [0, 0.05) is 20.0 Å². The van der Waals surface area contributed by atoms with Crippen LogP contribution in [0, 0.1) is 12.3 Å². The number of terminal acetylenes is 1. The first-order valence-electron chi connectivity index (χ1n) is 3.21. The third kappa shape index (κ3) is 3.26. The second-order valence-corrected chi connectivity index (χ2v) is 2.05. The Morgan fingerprint density at radius 3 is 2.80 bits per heavy atom. The van der Waals surface area contributed by atoms with Crippen LogP contribution in [0.3, 0.4) is 0 Å². The Hall–Kier alpha value is -0.810. The molecule has 0 N–H and O–H groups in total. The Balaban J connectivity index is 3.54. The molecule has 0 aliphatic carbocycles. The van der Waals surface area contributed by atoms with Crippen molar-refractivity contribution in [3.05, 3.63) is 0 Å². The first-order valence-corrected chi connectivity index (χ1v) is 3.21. The molecule has 1 atom stereocenters. The minimum absolute atomic E-state index is 0.0699. The summed E-state index contributed by atoms with van der Waals surface area (Å²) >= 11 is 0. The zero-order valence-corrected chi connectivity index (χ0v) is 6.39.